The van der Waals surface area contributed by atoms with Crippen LogP contribution in [-0.4, -0.2) is 30.5 Å². The Bertz CT molecular complexity index is 498. The molecular weight excluding hydrogens is 250 g/mol. The van der Waals surface area contributed by atoms with Gasteiger partial charge in [0.05, 0.1) is 4.90 Å². The summed E-state index contributed by atoms with van der Waals surface area (Å²) in [6.45, 7) is 0. The van der Waals surface area contributed by atoms with Crippen molar-refractivity contribution in [1.29, 1.82) is 0 Å². The molecule has 1 atom stereocenters. The highest BCUT2D eigenvalue weighted by atomic mass is 32.2. The van der Waals surface area contributed by atoms with Crippen LogP contribution in [0.15, 0.2) is 29.2 Å². The molecule has 0 fully saturated rings. The number of hydrogen-bond donors (Lipinski definition) is 3. The molecule has 0 saturated carbocycles. The standard InChI is InChI=1S/C9H11NO4S2/c10-6-2-1-3-7(4-6)16(13,14)8(5-15)9(11)12/h1-4,8,15H,5,10H2,(H,11,12). The summed E-state index contributed by atoms with van der Waals surface area (Å²) in [6.07, 6.45) is 0. The molecule has 0 radical (unpaired) electrons. The summed E-state index contributed by atoms with van der Waals surface area (Å²) in [4.78, 5) is 10.7. The van der Waals surface area contributed by atoms with Crippen molar-refractivity contribution in [3.8, 4) is 0 Å². The molecule has 0 spiro atoms. The lowest BCUT2D eigenvalue weighted by molar-refractivity contribution is -0.136. The number of nitrogen functional groups attached to an aromatic ring is 1. The number of carboxylic acid groups (broad SMARTS) is 1. The predicted molar refractivity (Wildman–Crippen MR) is 63.3 cm³/mol. The molecule has 1 aromatic carbocycles. The first-order valence-corrected chi connectivity index (χ1v) is 6.50. The number of carboxylic acids is 1. The number of sulfone groups is 1. The van der Waals surface area contributed by atoms with Gasteiger partial charge in [0.1, 0.15) is 0 Å². The molecule has 1 rings (SSSR count). The molecule has 1 unspecified atom stereocenters. The largest absolute Gasteiger partial charge is 0.480 e. The summed E-state index contributed by atoms with van der Waals surface area (Å²) in [5.74, 6) is -1.70. The number of hydrogen-bond acceptors (Lipinski definition) is 5. The van der Waals surface area contributed by atoms with Gasteiger partial charge in [0.2, 0.25) is 0 Å². The Labute approximate surface area is 98.6 Å². The third-order valence-electron chi connectivity index (χ3n) is 2.00. The van der Waals surface area contributed by atoms with Crippen LogP contribution in [0.4, 0.5) is 5.69 Å². The molecule has 3 N–H and O–H groups in total. The Morgan fingerprint density at radius 3 is 2.56 bits per heavy atom. The fourth-order valence-corrected chi connectivity index (χ4v) is 3.27. The third kappa shape index (κ3) is 2.48. The maximum Gasteiger partial charge on any atom is 0.323 e. The van der Waals surface area contributed by atoms with Crippen LogP contribution in [0, 0.1) is 0 Å². The molecule has 0 aliphatic heterocycles. The van der Waals surface area contributed by atoms with Crippen molar-refractivity contribution in [2.24, 2.45) is 0 Å². The Morgan fingerprint density at radius 1 is 1.50 bits per heavy atom. The molecule has 5 nitrogen and oxygen atoms in total. The van der Waals surface area contributed by atoms with Crippen LogP contribution in [0.3, 0.4) is 0 Å². The maximum atomic E-state index is 11.9. The zero-order valence-corrected chi connectivity index (χ0v) is 9.91. The minimum Gasteiger partial charge on any atom is -0.480 e. The van der Waals surface area contributed by atoms with Crippen molar-refractivity contribution in [1.82, 2.24) is 0 Å². The van der Waals surface area contributed by atoms with Gasteiger partial charge in [0, 0.05) is 11.4 Å². The summed E-state index contributed by atoms with van der Waals surface area (Å²) in [5, 5.41) is 7.22. The second-order valence-corrected chi connectivity index (χ2v) is 5.62. The zero-order chi connectivity index (χ0) is 12.3. The molecule has 0 aliphatic rings. The van der Waals surface area contributed by atoms with Crippen molar-refractivity contribution in [3.05, 3.63) is 24.3 Å². The quantitative estimate of drug-likeness (QED) is 0.539. The molecule has 0 aromatic heterocycles. The fourth-order valence-electron chi connectivity index (χ4n) is 1.16. The molecule has 0 heterocycles. The second-order valence-electron chi connectivity index (χ2n) is 3.13. The highest BCUT2D eigenvalue weighted by Crippen LogP contribution is 2.19. The van der Waals surface area contributed by atoms with E-state index in [1.807, 2.05) is 0 Å². The number of aliphatic carboxylic acids is 1. The summed E-state index contributed by atoms with van der Waals surface area (Å²) >= 11 is 3.73. The second kappa shape index (κ2) is 4.75. The minimum atomic E-state index is -3.93. The molecule has 0 aliphatic carbocycles. The van der Waals surface area contributed by atoms with Gasteiger partial charge in [-0.3, -0.25) is 4.79 Å². The first-order chi connectivity index (χ1) is 7.39. The molecule has 88 valence electrons. The number of benzene rings is 1. The number of carbonyl (C=O) groups is 1. The van der Waals surface area contributed by atoms with E-state index in [0.717, 1.165) is 0 Å². The van der Waals surface area contributed by atoms with E-state index in [1.54, 1.807) is 0 Å². The lowest BCUT2D eigenvalue weighted by Gasteiger charge is -2.11. The van der Waals surface area contributed by atoms with E-state index >= 15 is 0 Å². The van der Waals surface area contributed by atoms with Crippen LogP contribution in [0.2, 0.25) is 0 Å². The fraction of sp³-hybridized carbons (Fsp3) is 0.222. The molecule has 0 saturated heterocycles. The highest BCUT2D eigenvalue weighted by Gasteiger charge is 2.32. The van der Waals surface area contributed by atoms with Gasteiger partial charge < -0.3 is 10.8 Å². The predicted octanol–water partition coefficient (Wildman–Crippen LogP) is 0.426. The molecule has 7 heteroatoms. The van der Waals surface area contributed by atoms with Crippen molar-refractivity contribution in [2.45, 2.75) is 10.1 Å². The van der Waals surface area contributed by atoms with E-state index in [1.165, 1.54) is 24.3 Å². The van der Waals surface area contributed by atoms with Gasteiger partial charge in [-0.25, -0.2) is 8.42 Å². The summed E-state index contributed by atoms with van der Waals surface area (Å²) in [7, 11) is -3.93. The number of nitrogens with two attached hydrogens (primary N) is 1. The average Bonchev–Trinajstić information content (AvgIpc) is 2.17. The van der Waals surface area contributed by atoms with Crippen LogP contribution >= 0.6 is 12.6 Å². The van der Waals surface area contributed by atoms with E-state index in [9.17, 15) is 13.2 Å². The SMILES string of the molecule is Nc1cccc(S(=O)(=O)C(CS)C(=O)O)c1. The molecule has 1 aromatic rings. The number of thiol groups is 1. The van der Waals surface area contributed by atoms with E-state index in [-0.39, 0.29) is 16.3 Å². The minimum absolute atomic E-state index is 0.103. The van der Waals surface area contributed by atoms with Gasteiger partial charge in [-0.2, -0.15) is 12.6 Å². The normalized spacial score (nSPS) is 13.3. The molecule has 0 bridgehead atoms. The van der Waals surface area contributed by atoms with Crippen LogP contribution in [0.5, 0.6) is 0 Å². The first kappa shape index (κ1) is 12.9. The van der Waals surface area contributed by atoms with Gasteiger partial charge in [0.25, 0.3) is 0 Å². The smallest absolute Gasteiger partial charge is 0.323 e. The van der Waals surface area contributed by atoms with Crippen molar-refractivity contribution in [3.63, 3.8) is 0 Å². The van der Waals surface area contributed by atoms with E-state index < -0.39 is 21.1 Å². The number of rotatable bonds is 4. The van der Waals surface area contributed by atoms with Gasteiger partial charge in [-0.15, -0.1) is 0 Å². The average molecular weight is 261 g/mol. The Kier molecular flexibility index (Phi) is 3.82. The summed E-state index contributed by atoms with van der Waals surface area (Å²) in [5.41, 5.74) is 5.71. The van der Waals surface area contributed by atoms with E-state index in [0.29, 0.717) is 0 Å². The topological polar surface area (TPSA) is 97.5 Å². The Hall–Kier alpha value is -1.21. The van der Waals surface area contributed by atoms with E-state index in [4.69, 9.17) is 10.8 Å². The van der Waals surface area contributed by atoms with Crippen LogP contribution in [0.25, 0.3) is 0 Å². The first-order valence-electron chi connectivity index (χ1n) is 4.32. The van der Waals surface area contributed by atoms with Crippen LogP contribution in [-0.2, 0) is 14.6 Å². The summed E-state index contributed by atoms with van der Waals surface area (Å²) < 4.78 is 23.7. The maximum absolute atomic E-state index is 11.9. The Morgan fingerprint density at radius 2 is 2.12 bits per heavy atom. The third-order valence-corrected chi connectivity index (χ3v) is 4.64. The van der Waals surface area contributed by atoms with Crippen molar-refractivity contribution < 1.29 is 18.3 Å². The summed E-state index contributed by atoms with van der Waals surface area (Å²) in [6, 6.07) is 5.52. The van der Waals surface area contributed by atoms with Gasteiger partial charge >= 0.3 is 5.97 Å². The lowest BCUT2D eigenvalue weighted by Crippen LogP contribution is -2.31. The van der Waals surface area contributed by atoms with Crippen molar-refractivity contribution in [2.75, 3.05) is 11.5 Å². The van der Waals surface area contributed by atoms with Gasteiger partial charge in [0.15, 0.2) is 15.1 Å². The molecular formula is C9H11NO4S2. The zero-order valence-electron chi connectivity index (χ0n) is 8.20. The highest BCUT2D eigenvalue weighted by molar-refractivity contribution is 7.94. The van der Waals surface area contributed by atoms with Gasteiger partial charge in [-0.1, -0.05) is 6.07 Å². The Balaban J connectivity index is 3.25. The van der Waals surface area contributed by atoms with Crippen LogP contribution < -0.4 is 5.73 Å². The van der Waals surface area contributed by atoms with Crippen molar-refractivity contribution >= 4 is 34.1 Å². The molecule has 0 amide bonds. The number of anilines is 1. The molecule has 16 heavy (non-hydrogen) atoms. The van der Waals surface area contributed by atoms with E-state index in [2.05, 4.69) is 12.6 Å². The van der Waals surface area contributed by atoms with Gasteiger partial charge in [-0.05, 0) is 18.2 Å². The lowest BCUT2D eigenvalue weighted by atomic mass is 10.3. The monoisotopic (exact) mass is 261 g/mol. The van der Waals surface area contributed by atoms with Crippen LogP contribution in [0.1, 0.15) is 0 Å².